The van der Waals surface area contributed by atoms with E-state index in [0.717, 1.165) is 5.92 Å². The van der Waals surface area contributed by atoms with Crippen molar-refractivity contribution in [1.29, 1.82) is 5.26 Å². The SMILES string of the molecule is CC(C)N1CC2CCCC(C1)[C@@H](CC#N)N(C)C2. The molecule has 3 rings (SSSR count). The van der Waals surface area contributed by atoms with Gasteiger partial charge in [-0.25, -0.2) is 0 Å². The molecule has 3 fully saturated rings. The lowest BCUT2D eigenvalue weighted by Crippen LogP contribution is -2.53. The van der Waals surface area contributed by atoms with Crippen LogP contribution in [0.2, 0.25) is 0 Å². The van der Waals surface area contributed by atoms with Crippen LogP contribution in [0.5, 0.6) is 0 Å². The van der Waals surface area contributed by atoms with E-state index in [4.69, 9.17) is 5.26 Å². The molecule has 0 spiro atoms. The van der Waals surface area contributed by atoms with Crippen LogP contribution in [0.25, 0.3) is 0 Å². The van der Waals surface area contributed by atoms with Crippen LogP contribution in [0, 0.1) is 23.2 Å². The Morgan fingerprint density at radius 1 is 1.22 bits per heavy atom. The molecular weight excluding hydrogens is 222 g/mol. The summed E-state index contributed by atoms with van der Waals surface area (Å²) in [4.78, 5) is 5.11. The van der Waals surface area contributed by atoms with Gasteiger partial charge in [0, 0.05) is 31.7 Å². The predicted molar refractivity (Wildman–Crippen MR) is 74.2 cm³/mol. The van der Waals surface area contributed by atoms with Gasteiger partial charge in [0.2, 0.25) is 0 Å². The van der Waals surface area contributed by atoms with Crippen LogP contribution in [0.1, 0.15) is 39.5 Å². The van der Waals surface area contributed by atoms with Gasteiger partial charge in [0.25, 0.3) is 0 Å². The minimum atomic E-state index is 0.472. The molecule has 0 radical (unpaired) electrons. The highest BCUT2D eigenvalue weighted by Crippen LogP contribution is 2.31. The standard InChI is InChI=1S/C15H27N3/c1-12(2)18-10-13-5-4-6-14(11-18)15(7-8-16)17(3)9-13/h12-15H,4-7,9-11H2,1-3H3/t13?,14?,15-/m1/s1. The number of hydrogen-bond acceptors (Lipinski definition) is 3. The molecule has 18 heavy (non-hydrogen) atoms. The first-order chi connectivity index (χ1) is 8.61. The van der Waals surface area contributed by atoms with Gasteiger partial charge in [-0.3, -0.25) is 0 Å². The van der Waals surface area contributed by atoms with Gasteiger partial charge in [-0.2, -0.15) is 5.26 Å². The van der Waals surface area contributed by atoms with Crippen LogP contribution in [0.15, 0.2) is 0 Å². The highest BCUT2D eigenvalue weighted by Gasteiger charge is 2.34. The molecule has 0 saturated carbocycles. The van der Waals surface area contributed by atoms with Gasteiger partial charge in [-0.05, 0) is 45.6 Å². The highest BCUT2D eigenvalue weighted by molar-refractivity contribution is 4.93. The van der Waals surface area contributed by atoms with Crippen LogP contribution in [-0.4, -0.2) is 48.6 Å². The van der Waals surface area contributed by atoms with Gasteiger partial charge in [0.15, 0.2) is 0 Å². The molecule has 3 atom stereocenters. The quantitative estimate of drug-likeness (QED) is 0.752. The van der Waals surface area contributed by atoms with Gasteiger partial charge in [0.05, 0.1) is 12.5 Å². The normalized spacial score (nSPS) is 34.9. The Morgan fingerprint density at radius 3 is 2.67 bits per heavy atom. The average molecular weight is 249 g/mol. The molecule has 3 heteroatoms. The van der Waals surface area contributed by atoms with Gasteiger partial charge in [-0.15, -0.1) is 0 Å². The van der Waals surface area contributed by atoms with Crippen LogP contribution in [0.3, 0.4) is 0 Å². The fraction of sp³-hybridized carbons (Fsp3) is 0.933. The van der Waals surface area contributed by atoms with E-state index < -0.39 is 0 Å². The maximum absolute atomic E-state index is 9.08. The topological polar surface area (TPSA) is 30.3 Å². The van der Waals surface area contributed by atoms with E-state index in [9.17, 15) is 0 Å². The second kappa shape index (κ2) is 6.04. The number of fused-ring (bicyclic) bond motifs is 6. The molecule has 3 saturated heterocycles. The Balaban J connectivity index is 2.18. The monoisotopic (exact) mass is 249 g/mol. The summed E-state index contributed by atoms with van der Waals surface area (Å²) in [6.07, 6.45) is 4.72. The third kappa shape index (κ3) is 3.05. The lowest BCUT2D eigenvalue weighted by atomic mass is 9.82. The van der Waals surface area contributed by atoms with E-state index in [1.54, 1.807) is 0 Å². The molecule has 2 bridgehead atoms. The summed E-state index contributed by atoms with van der Waals surface area (Å²) >= 11 is 0. The molecule has 3 aliphatic rings. The third-order valence-electron chi connectivity index (χ3n) is 4.84. The van der Waals surface area contributed by atoms with Gasteiger partial charge < -0.3 is 9.80 Å². The zero-order valence-corrected chi connectivity index (χ0v) is 12.1. The highest BCUT2D eigenvalue weighted by atomic mass is 15.2. The lowest BCUT2D eigenvalue weighted by Gasteiger charge is -2.46. The summed E-state index contributed by atoms with van der Waals surface area (Å²) < 4.78 is 0. The minimum Gasteiger partial charge on any atom is -0.302 e. The first kappa shape index (κ1) is 13.8. The summed E-state index contributed by atoms with van der Waals surface area (Å²) in [6, 6.07) is 3.51. The molecule has 3 nitrogen and oxygen atoms in total. The summed E-state index contributed by atoms with van der Waals surface area (Å²) in [7, 11) is 2.22. The number of nitriles is 1. The van der Waals surface area contributed by atoms with E-state index in [2.05, 4.69) is 36.8 Å². The van der Waals surface area contributed by atoms with Crippen molar-refractivity contribution in [1.82, 2.24) is 9.80 Å². The fourth-order valence-corrected chi connectivity index (χ4v) is 3.76. The molecule has 0 aromatic rings. The van der Waals surface area contributed by atoms with E-state index in [1.807, 2.05) is 0 Å². The van der Waals surface area contributed by atoms with E-state index in [1.165, 1.54) is 38.9 Å². The van der Waals surface area contributed by atoms with Crippen molar-refractivity contribution in [3.63, 3.8) is 0 Å². The van der Waals surface area contributed by atoms with Gasteiger partial charge in [0.1, 0.15) is 0 Å². The first-order valence-electron chi connectivity index (χ1n) is 7.43. The van der Waals surface area contributed by atoms with E-state index >= 15 is 0 Å². The smallest absolute Gasteiger partial charge is 0.0638 e. The Labute approximate surface area is 112 Å². The average Bonchev–Trinajstić information content (AvgIpc) is 2.26. The Bertz CT molecular complexity index is 307. The third-order valence-corrected chi connectivity index (χ3v) is 4.84. The van der Waals surface area contributed by atoms with Crippen molar-refractivity contribution >= 4 is 0 Å². The van der Waals surface area contributed by atoms with Crippen LogP contribution < -0.4 is 0 Å². The molecule has 0 aromatic heterocycles. The minimum absolute atomic E-state index is 0.472. The van der Waals surface area contributed by atoms with Crippen molar-refractivity contribution in [3.8, 4) is 6.07 Å². The molecule has 3 aliphatic heterocycles. The molecule has 3 heterocycles. The van der Waals surface area contributed by atoms with Crippen molar-refractivity contribution in [2.45, 2.75) is 51.6 Å². The number of hydrogen-bond donors (Lipinski definition) is 0. The molecule has 0 aliphatic carbocycles. The Hall–Kier alpha value is -0.590. The molecular formula is C15H27N3. The number of nitrogens with zero attached hydrogens (tertiary/aromatic N) is 3. The fourth-order valence-electron chi connectivity index (χ4n) is 3.76. The van der Waals surface area contributed by atoms with Crippen LogP contribution in [-0.2, 0) is 0 Å². The largest absolute Gasteiger partial charge is 0.302 e. The van der Waals surface area contributed by atoms with Crippen LogP contribution in [0.4, 0.5) is 0 Å². The van der Waals surface area contributed by atoms with E-state index in [-0.39, 0.29) is 0 Å². The van der Waals surface area contributed by atoms with Crippen molar-refractivity contribution in [2.24, 2.45) is 11.8 Å². The molecule has 0 amide bonds. The molecule has 0 N–H and O–H groups in total. The second-order valence-electron chi connectivity index (χ2n) is 6.47. The molecule has 2 unspecified atom stereocenters. The Morgan fingerprint density at radius 2 is 2.00 bits per heavy atom. The maximum atomic E-state index is 9.08. The molecule has 102 valence electrons. The predicted octanol–water partition coefficient (Wildman–Crippen LogP) is 2.34. The van der Waals surface area contributed by atoms with Crippen LogP contribution >= 0.6 is 0 Å². The first-order valence-corrected chi connectivity index (χ1v) is 7.43. The lowest BCUT2D eigenvalue weighted by molar-refractivity contribution is 0.0320. The van der Waals surface area contributed by atoms with Gasteiger partial charge >= 0.3 is 0 Å². The number of rotatable bonds is 2. The summed E-state index contributed by atoms with van der Waals surface area (Å²) in [5.74, 6) is 1.47. The van der Waals surface area contributed by atoms with Crippen molar-refractivity contribution in [3.05, 3.63) is 0 Å². The Kier molecular flexibility index (Phi) is 4.64. The van der Waals surface area contributed by atoms with E-state index in [0.29, 0.717) is 24.4 Å². The summed E-state index contributed by atoms with van der Waals surface area (Å²) in [6.45, 7) is 8.22. The summed E-state index contributed by atoms with van der Waals surface area (Å²) in [5.41, 5.74) is 0. The second-order valence-corrected chi connectivity index (χ2v) is 6.47. The maximum Gasteiger partial charge on any atom is 0.0638 e. The zero-order valence-electron chi connectivity index (χ0n) is 12.1. The van der Waals surface area contributed by atoms with Crippen molar-refractivity contribution in [2.75, 3.05) is 26.7 Å². The zero-order chi connectivity index (χ0) is 13.1. The molecule has 0 aromatic carbocycles. The summed E-state index contributed by atoms with van der Waals surface area (Å²) in [5, 5.41) is 9.08. The van der Waals surface area contributed by atoms with Crippen molar-refractivity contribution < 1.29 is 0 Å². The van der Waals surface area contributed by atoms with Gasteiger partial charge in [-0.1, -0.05) is 6.42 Å².